The third kappa shape index (κ3) is 6.62. The highest BCUT2D eigenvalue weighted by Gasteiger charge is 2.21. The Morgan fingerprint density at radius 1 is 1.18 bits per heavy atom. The molecule has 2 heterocycles. The first-order valence-electron chi connectivity index (χ1n) is 11.0. The molecule has 0 unspecified atom stereocenters. The van der Waals surface area contributed by atoms with Crippen LogP contribution in [0.3, 0.4) is 0 Å². The quantitative estimate of drug-likeness (QED) is 0.346. The van der Waals surface area contributed by atoms with E-state index in [-0.39, 0.29) is 11.7 Å². The zero-order chi connectivity index (χ0) is 23.0. The summed E-state index contributed by atoms with van der Waals surface area (Å²) < 4.78 is 5.28. The van der Waals surface area contributed by atoms with E-state index < -0.39 is 0 Å². The average Bonchev–Trinajstić information content (AvgIpc) is 2.84. The molecule has 1 N–H and O–H groups in total. The summed E-state index contributed by atoms with van der Waals surface area (Å²) in [5.74, 6) is 2.20. The smallest absolute Gasteiger partial charge is 0.234 e. The molecular weight excluding hydrogens is 456 g/mol. The third-order valence-electron chi connectivity index (χ3n) is 5.69. The Morgan fingerprint density at radius 3 is 2.73 bits per heavy atom. The van der Waals surface area contributed by atoms with Gasteiger partial charge in [-0.2, -0.15) is 0 Å². The van der Waals surface area contributed by atoms with Gasteiger partial charge in [0.1, 0.15) is 11.6 Å². The molecule has 1 fully saturated rings. The van der Waals surface area contributed by atoms with Gasteiger partial charge in [-0.3, -0.25) is 4.79 Å². The number of anilines is 2. The van der Waals surface area contributed by atoms with Gasteiger partial charge in [0.05, 0.1) is 18.6 Å². The molecule has 1 aliphatic heterocycles. The van der Waals surface area contributed by atoms with Gasteiger partial charge in [-0.05, 0) is 55.0 Å². The topological polar surface area (TPSA) is 67.3 Å². The van der Waals surface area contributed by atoms with Crippen LogP contribution in [0.5, 0.6) is 5.75 Å². The van der Waals surface area contributed by atoms with Crippen LogP contribution in [0.4, 0.5) is 11.5 Å². The van der Waals surface area contributed by atoms with Crippen LogP contribution >= 0.6 is 23.4 Å². The van der Waals surface area contributed by atoms with Gasteiger partial charge in [0.25, 0.3) is 0 Å². The van der Waals surface area contributed by atoms with E-state index >= 15 is 0 Å². The number of halogens is 1. The Kier molecular flexibility index (Phi) is 8.07. The molecule has 0 radical (unpaired) electrons. The van der Waals surface area contributed by atoms with Crippen molar-refractivity contribution in [3.63, 3.8) is 0 Å². The molecule has 0 atom stereocenters. The second kappa shape index (κ2) is 11.4. The number of piperidine rings is 1. The predicted molar refractivity (Wildman–Crippen MR) is 134 cm³/mol. The Balaban J connectivity index is 1.29. The van der Waals surface area contributed by atoms with Crippen LogP contribution in [0.25, 0.3) is 0 Å². The van der Waals surface area contributed by atoms with Crippen molar-refractivity contribution >= 4 is 40.8 Å². The van der Waals surface area contributed by atoms with Crippen LogP contribution in [0, 0.1) is 5.92 Å². The highest BCUT2D eigenvalue weighted by molar-refractivity contribution is 7.99. The van der Waals surface area contributed by atoms with Crippen molar-refractivity contribution in [2.24, 2.45) is 5.92 Å². The first-order chi connectivity index (χ1) is 16.1. The summed E-state index contributed by atoms with van der Waals surface area (Å²) in [5.41, 5.74) is 1.95. The lowest BCUT2D eigenvalue weighted by atomic mass is 9.90. The highest BCUT2D eigenvalue weighted by Crippen LogP contribution is 2.29. The average molecular weight is 483 g/mol. The monoisotopic (exact) mass is 482 g/mol. The van der Waals surface area contributed by atoms with Crippen LogP contribution in [0.1, 0.15) is 18.4 Å². The lowest BCUT2D eigenvalue weighted by molar-refractivity contribution is -0.113. The molecule has 0 spiro atoms. The molecule has 3 aromatic rings. The fourth-order valence-corrected chi connectivity index (χ4v) is 4.78. The van der Waals surface area contributed by atoms with E-state index in [2.05, 4.69) is 50.5 Å². The Bertz CT molecular complexity index is 1080. The number of hydrogen-bond acceptors (Lipinski definition) is 6. The molecular formula is C25H27ClN4O2S. The third-order valence-corrected chi connectivity index (χ3v) is 6.79. The molecule has 33 heavy (non-hydrogen) atoms. The van der Waals surface area contributed by atoms with E-state index in [4.69, 9.17) is 16.3 Å². The molecule has 0 saturated carbocycles. The van der Waals surface area contributed by atoms with E-state index in [1.165, 1.54) is 17.3 Å². The van der Waals surface area contributed by atoms with Gasteiger partial charge in [-0.25, -0.2) is 9.97 Å². The maximum absolute atomic E-state index is 12.4. The zero-order valence-corrected chi connectivity index (χ0v) is 20.1. The number of aromatic nitrogens is 2. The van der Waals surface area contributed by atoms with E-state index in [1.54, 1.807) is 31.5 Å². The van der Waals surface area contributed by atoms with Crippen LogP contribution in [0.15, 0.2) is 66.0 Å². The molecule has 6 nitrogen and oxygen atoms in total. The second-order valence-electron chi connectivity index (χ2n) is 8.00. The largest absolute Gasteiger partial charge is 0.495 e. The first-order valence-corrected chi connectivity index (χ1v) is 12.3. The fourth-order valence-electron chi connectivity index (χ4n) is 3.99. The summed E-state index contributed by atoms with van der Waals surface area (Å²) in [5, 5.41) is 3.96. The maximum atomic E-state index is 12.4. The van der Waals surface area contributed by atoms with Crippen molar-refractivity contribution in [2.45, 2.75) is 24.4 Å². The summed E-state index contributed by atoms with van der Waals surface area (Å²) in [6.07, 6.45) is 5.18. The van der Waals surface area contributed by atoms with Crippen molar-refractivity contribution in [3.8, 4) is 5.75 Å². The number of rotatable bonds is 8. The van der Waals surface area contributed by atoms with E-state index in [1.807, 2.05) is 6.07 Å². The van der Waals surface area contributed by atoms with Gasteiger partial charge in [0.15, 0.2) is 5.16 Å². The standard InChI is InChI=1S/C25H27ClN4O2S/c1-32-22-8-7-20(26)16-21(22)28-24(31)17-33-25-27-12-9-23(29-25)30-13-10-19(11-14-30)15-18-5-3-2-4-6-18/h2-9,12,16,19H,10-11,13-15,17H2,1H3,(H,28,31). The number of nitrogens with one attached hydrogen (secondary N) is 1. The molecule has 4 rings (SSSR count). The molecule has 2 aromatic carbocycles. The number of nitrogens with zero attached hydrogens (tertiary/aromatic N) is 3. The lowest BCUT2D eigenvalue weighted by Crippen LogP contribution is -2.35. The van der Waals surface area contributed by atoms with E-state index in [9.17, 15) is 4.79 Å². The number of carbonyl (C=O) groups excluding carboxylic acids is 1. The van der Waals surface area contributed by atoms with Crippen molar-refractivity contribution in [3.05, 3.63) is 71.4 Å². The van der Waals surface area contributed by atoms with Gasteiger partial charge in [-0.1, -0.05) is 53.7 Å². The van der Waals surface area contributed by atoms with E-state index in [0.717, 1.165) is 38.2 Å². The molecule has 8 heteroatoms. The number of amides is 1. The SMILES string of the molecule is COc1ccc(Cl)cc1NC(=O)CSc1nccc(N2CCC(Cc3ccccc3)CC2)n1. The van der Waals surface area contributed by atoms with Crippen molar-refractivity contribution in [2.75, 3.05) is 36.2 Å². The molecule has 1 aromatic heterocycles. The maximum Gasteiger partial charge on any atom is 0.234 e. The Labute approximate surface area is 203 Å². The van der Waals surface area contributed by atoms with Gasteiger partial charge in [0, 0.05) is 24.3 Å². The summed E-state index contributed by atoms with van der Waals surface area (Å²) in [4.78, 5) is 23.8. The molecule has 1 saturated heterocycles. The number of benzene rings is 2. The highest BCUT2D eigenvalue weighted by atomic mass is 35.5. The number of carbonyl (C=O) groups is 1. The number of hydrogen-bond donors (Lipinski definition) is 1. The van der Waals surface area contributed by atoms with Crippen LogP contribution in [0.2, 0.25) is 5.02 Å². The van der Waals surface area contributed by atoms with Crippen molar-refractivity contribution in [1.82, 2.24) is 9.97 Å². The fraction of sp³-hybridized carbons (Fsp3) is 0.320. The van der Waals surface area contributed by atoms with Crippen molar-refractivity contribution in [1.29, 1.82) is 0 Å². The summed E-state index contributed by atoms with van der Waals surface area (Å²) in [6, 6.07) is 17.7. The molecule has 0 aliphatic carbocycles. The molecule has 172 valence electrons. The number of ether oxygens (including phenoxy) is 1. The van der Waals surface area contributed by atoms with Gasteiger partial charge < -0.3 is 15.0 Å². The lowest BCUT2D eigenvalue weighted by Gasteiger charge is -2.33. The zero-order valence-electron chi connectivity index (χ0n) is 18.5. The molecule has 0 bridgehead atoms. The van der Waals surface area contributed by atoms with Crippen LogP contribution in [-0.4, -0.2) is 41.8 Å². The van der Waals surface area contributed by atoms with Crippen LogP contribution < -0.4 is 15.0 Å². The van der Waals surface area contributed by atoms with Gasteiger partial charge >= 0.3 is 0 Å². The Hall–Kier alpha value is -2.77. The minimum absolute atomic E-state index is 0.170. The first kappa shape index (κ1) is 23.4. The van der Waals surface area contributed by atoms with Crippen LogP contribution in [-0.2, 0) is 11.2 Å². The molecule has 1 amide bonds. The summed E-state index contributed by atoms with van der Waals surface area (Å²) in [7, 11) is 1.55. The number of thioether (sulfide) groups is 1. The summed E-state index contributed by atoms with van der Waals surface area (Å²) >= 11 is 7.35. The minimum Gasteiger partial charge on any atom is -0.495 e. The normalized spacial score (nSPS) is 14.2. The summed E-state index contributed by atoms with van der Waals surface area (Å²) in [6.45, 7) is 1.96. The van der Waals surface area contributed by atoms with Crippen molar-refractivity contribution < 1.29 is 9.53 Å². The van der Waals surface area contributed by atoms with Gasteiger partial charge in [-0.15, -0.1) is 0 Å². The van der Waals surface area contributed by atoms with E-state index in [0.29, 0.717) is 27.5 Å². The molecule has 1 aliphatic rings. The predicted octanol–water partition coefficient (Wildman–Crippen LogP) is 5.33. The second-order valence-corrected chi connectivity index (χ2v) is 9.38. The number of methoxy groups -OCH3 is 1. The Morgan fingerprint density at radius 2 is 1.97 bits per heavy atom. The minimum atomic E-state index is -0.170. The van der Waals surface area contributed by atoms with Gasteiger partial charge in [0.2, 0.25) is 5.91 Å².